The monoisotopic (exact) mass is 396 g/mol. The Kier molecular flexibility index (Phi) is 4.76. The van der Waals surface area contributed by atoms with Gasteiger partial charge >= 0.3 is 5.97 Å². The maximum absolute atomic E-state index is 12.8. The van der Waals surface area contributed by atoms with Crippen molar-refractivity contribution in [3.05, 3.63) is 41.5 Å². The zero-order valence-electron chi connectivity index (χ0n) is 16.7. The lowest BCUT2D eigenvalue weighted by molar-refractivity contribution is -0.159. The van der Waals surface area contributed by atoms with Gasteiger partial charge in [-0.15, -0.1) is 0 Å². The van der Waals surface area contributed by atoms with Crippen LogP contribution in [0.15, 0.2) is 30.4 Å². The van der Waals surface area contributed by atoms with Gasteiger partial charge in [-0.2, -0.15) is 0 Å². The zero-order valence-corrected chi connectivity index (χ0v) is 16.7. The molecule has 0 aromatic heterocycles. The van der Waals surface area contributed by atoms with Crippen LogP contribution in [0.1, 0.15) is 24.5 Å². The van der Waals surface area contributed by atoms with Crippen molar-refractivity contribution < 1.29 is 23.9 Å². The number of rotatable bonds is 5. The molecule has 1 aliphatic heterocycles. The first-order valence-electron chi connectivity index (χ1n) is 9.86. The topological polar surface area (TPSA) is 92.8 Å². The fourth-order valence-corrected chi connectivity index (χ4v) is 4.91. The number of anilines is 1. The molecule has 0 unspecified atom stereocenters. The van der Waals surface area contributed by atoms with E-state index >= 15 is 0 Å². The Hall–Kier alpha value is -2.96. The number of fused-ring (bicyclic) bond motifs is 5. The average Bonchev–Trinajstić information content (AvgIpc) is 3.32. The molecule has 1 aromatic carbocycles. The molecule has 1 saturated heterocycles. The predicted octanol–water partition coefficient (Wildman–Crippen LogP) is 1.98. The third-order valence-electron chi connectivity index (χ3n) is 6.08. The van der Waals surface area contributed by atoms with Gasteiger partial charge in [0.15, 0.2) is 6.61 Å². The van der Waals surface area contributed by atoms with Crippen molar-refractivity contribution in [2.45, 2.75) is 33.2 Å². The number of ether oxygens (including phenoxy) is 1. The van der Waals surface area contributed by atoms with E-state index in [2.05, 4.69) is 5.32 Å². The Morgan fingerprint density at radius 1 is 1.07 bits per heavy atom. The molecule has 7 heteroatoms. The molecule has 5 atom stereocenters. The molecular formula is C22H24N2O5. The molecule has 1 saturated carbocycles. The van der Waals surface area contributed by atoms with Crippen LogP contribution in [-0.4, -0.2) is 41.2 Å². The SMILES string of the molecule is Cc1cc(C)cc(NC(=O)COC(=O)[C@@H](C)N2C(=O)[C@@H]3[C@H](C2=O)[C@H]2C=C[C@H]3C2)c1. The van der Waals surface area contributed by atoms with Crippen LogP contribution in [0.3, 0.4) is 0 Å². The zero-order chi connectivity index (χ0) is 20.9. The number of likely N-dealkylation sites (tertiary alicyclic amines) is 1. The summed E-state index contributed by atoms with van der Waals surface area (Å²) in [6.45, 7) is 4.83. The molecule has 7 nitrogen and oxygen atoms in total. The van der Waals surface area contributed by atoms with Crippen LogP contribution in [0.5, 0.6) is 0 Å². The second-order valence-electron chi connectivity index (χ2n) is 8.25. The number of amides is 3. The number of allylic oxidation sites excluding steroid dienone is 2. The maximum atomic E-state index is 12.8. The Morgan fingerprint density at radius 3 is 2.17 bits per heavy atom. The Morgan fingerprint density at radius 2 is 1.62 bits per heavy atom. The number of hydrogen-bond donors (Lipinski definition) is 1. The highest BCUT2D eigenvalue weighted by Crippen LogP contribution is 2.52. The maximum Gasteiger partial charge on any atom is 0.329 e. The third-order valence-corrected chi connectivity index (χ3v) is 6.08. The number of aryl methyl sites for hydroxylation is 2. The van der Waals surface area contributed by atoms with Crippen LogP contribution >= 0.6 is 0 Å². The highest BCUT2D eigenvalue weighted by Gasteiger charge is 2.60. The van der Waals surface area contributed by atoms with Gasteiger partial charge in [-0.1, -0.05) is 18.2 Å². The van der Waals surface area contributed by atoms with E-state index in [9.17, 15) is 19.2 Å². The number of carbonyl (C=O) groups excluding carboxylic acids is 4. The first-order valence-corrected chi connectivity index (χ1v) is 9.86. The molecule has 1 heterocycles. The van der Waals surface area contributed by atoms with E-state index in [1.54, 1.807) is 0 Å². The van der Waals surface area contributed by atoms with Crippen molar-refractivity contribution >= 4 is 29.4 Å². The fourth-order valence-electron chi connectivity index (χ4n) is 4.91. The summed E-state index contributed by atoms with van der Waals surface area (Å²) in [5.41, 5.74) is 2.63. The van der Waals surface area contributed by atoms with Gasteiger partial charge in [-0.25, -0.2) is 4.79 Å². The Labute approximate surface area is 169 Å². The van der Waals surface area contributed by atoms with Crippen LogP contribution in [0.4, 0.5) is 5.69 Å². The first-order chi connectivity index (χ1) is 13.8. The highest BCUT2D eigenvalue weighted by molar-refractivity contribution is 6.09. The van der Waals surface area contributed by atoms with Gasteiger partial charge < -0.3 is 10.1 Å². The van der Waals surface area contributed by atoms with Gasteiger partial charge in [0.2, 0.25) is 11.8 Å². The molecule has 2 aliphatic carbocycles. The third kappa shape index (κ3) is 3.34. The minimum atomic E-state index is -1.05. The van der Waals surface area contributed by atoms with E-state index < -0.39 is 24.5 Å². The Balaban J connectivity index is 1.35. The van der Waals surface area contributed by atoms with Crippen LogP contribution < -0.4 is 5.32 Å². The lowest BCUT2D eigenvalue weighted by Gasteiger charge is -2.23. The second kappa shape index (κ2) is 7.13. The molecule has 1 N–H and O–H groups in total. The minimum absolute atomic E-state index is 0.0817. The molecule has 0 radical (unpaired) electrons. The van der Waals surface area contributed by atoms with Crippen molar-refractivity contribution in [3.8, 4) is 0 Å². The number of nitrogens with one attached hydrogen (secondary N) is 1. The predicted molar refractivity (Wildman–Crippen MR) is 105 cm³/mol. The summed E-state index contributed by atoms with van der Waals surface area (Å²) in [6.07, 6.45) is 4.83. The van der Waals surface area contributed by atoms with E-state index in [4.69, 9.17) is 4.74 Å². The molecule has 152 valence electrons. The lowest BCUT2D eigenvalue weighted by atomic mass is 9.85. The molecule has 29 heavy (non-hydrogen) atoms. The number of benzene rings is 1. The molecule has 1 aromatic rings. The van der Waals surface area contributed by atoms with E-state index in [-0.39, 0.29) is 35.5 Å². The van der Waals surface area contributed by atoms with Gasteiger partial charge in [0.25, 0.3) is 5.91 Å². The number of carbonyl (C=O) groups is 4. The van der Waals surface area contributed by atoms with E-state index in [0.29, 0.717) is 5.69 Å². The van der Waals surface area contributed by atoms with Crippen molar-refractivity contribution in [2.75, 3.05) is 11.9 Å². The second-order valence-corrected chi connectivity index (χ2v) is 8.25. The number of imide groups is 1. The van der Waals surface area contributed by atoms with Gasteiger partial charge in [0.1, 0.15) is 6.04 Å². The van der Waals surface area contributed by atoms with Crippen molar-refractivity contribution in [1.29, 1.82) is 0 Å². The van der Waals surface area contributed by atoms with Crippen LogP contribution in [-0.2, 0) is 23.9 Å². The van der Waals surface area contributed by atoms with E-state index in [0.717, 1.165) is 22.4 Å². The van der Waals surface area contributed by atoms with Gasteiger partial charge in [0, 0.05) is 5.69 Å². The summed E-state index contributed by atoms with van der Waals surface area (Å²) in [5.74, 6) is -2.41. The largest absolute Gasteiger partial charge is 0.454 e. The van der Waals surface area contributed by atoms with Crippen LogP contribution in [0.2, 0.25) is 0 Å². The standard InChI is InChI=1S/C22H24N2O5/c1-11-6-12(2)8-16(7-11)23-17(25)10-29-22(28)13(3)24-20(26)18-14-4-5-15(9-14)19(18)21(24)27/h4-8,13-15,18-19H,9-10H2,1-3H3,(H,23,25)/t13-,14+,15+,18-,19+/m1/s1. The van der Waals surface area contributed by atoms with Gasteiger partial charge in [-0.3, -0.25) is 19.3 Å². The minimum Gasteiger partial charge on any atom is -0.454 e. The smallest absolute Gasteiger partial charge is 0.329 e. The number of nitrogens with zero attached hydrogens (tertiary/aromatic N) is 1. The van der Waals surface area contributed by atoms with Crippen LogP contribution in [0.25, 0.3) is 0 Å². The van der Waals surface area contributed by atoms with Crippen LogP contribution in [0, 0.1) is 37.5 Å². The first kappa shape index (κ1) is 19.4. The van der Waals surface area contributed by atoms with Gasteiger partial charge in [0.05, 0.1) is 11.8 Å². The summed E-state index contributed by atoms with van der Waals surface area (Å²) >= 11 is 0. The van der Waals surface area contributed by atoms with Crippen molar-refractivity contribution in [1.82, 2.24) is 4.90 Å². The molecule has 4 rings (SSSR count). The molecule has 3 amide bonds. The summed E-state index contributed by atoms with van der Waals surface area (Å²) < 4.78 is 5.09. The highest BCUT2D eigenvalue weighted by atomic mass is 16.5. The van der Waals surface area contributed by atoms with Gasteiger partial charge in [-0.05, 0) is 62.3 Å². The molecular weight excluding hydrogens is 372 g/mol. The molecule has 2 fully saturated rings. The number of hydrogen-bond acceptors (Lipinski definition) is 5. The molecule has 0 spiro atoms. The quantitative estimate of drug-likeness (QED) is 0.467. The molecule has 3 aliphatic rings. The van der Waals surface area contributed by atoms with Crippen molar-refractivity contribution in [2.24, 2.45) is 23.7 Å². The summed E-state index contributed by atoms with van der Waals surface area (Å²) in [4.78, 5) is 51.1. The summed E-state index contributed by atoms with van der Waals surface area (Å²) in [7, 11) is 0. The molecule has 2 bridgehead atoms. The average molecular weight is 396 g/mol. The fraction of sp³-hybridized carbons (Fsp3) is 0.455. The summed E-state index contributed by atoms with van der Waals surface area (Å²) in [5, 5.41) is 2.69. The van der Waals surface area contributed by atoms with E-state index in [1.807, 2.05) is 44.2 Å². The Bertz CT molecular complexity index is 887. The number of esters is 1. The normalized spacial score (nSPS) is 27.9. The van der Waals surface area contributed by atoms with E-state index in [1.165, 1.54) is 6.92 Å². The summed E-state index contributed by atoms with van der Waals surface area (Å²) in [6, 6.07) is 4.57. The van der Waals surface area contributed by atoms with Crippen molar-refractivity contribution in [3.63, 3.8) is 0 Å². The lowest BCUT2D eigenvalue weighted by Crippen LogP contribution is -2.45.